The van der Waals surface area contributed by atoms with E-state index in [0.29, 0.717) is 24.7 Å². The SMILES string of the molecule is C#CCN(CC1CC1)C(=O)c1csc(CCN)n1. The van der Waals surface area contributed by atoms with Crippen molar-refractivity contribution in [2.45, 2.75) is 19.3 Å². The number of rotatable bonds is 6. The van der Waals surface area contributed by atoms with Crippen molar-refractivity contribution in [3.63, 3.8) is 0 Å². The molecular weight excluding hydrogens is 246 g/mol. The van der Waals surface area contributed by atoms with Crippen molar-refractivity contribution in [1.29, 1.82) is 0 Å². The van der Waals surface area contributed by atoms with Crippen LogP contribution in [0.5, 0.6) is 0 Å². The molecule has 96 valence electrons. The summed E-state index contributed by atoms with van der Waals surface area (Å²) in [6.45, 7) is 1.67. The highest BCUT2D eigenvalue weighted by Gasteiger charge is 2.27. The topological polar surface area (TPSA) is 59.2 Å². The van der Waals surface area contributed by atoms with Gasteiger partial charge in [0.15, 0.2) is 0 Å². The molecule has 1 fully saturated rings. The van der Waals surface area contributed by atoms with Crippen LogP contribution in [0.2, 0.25) is 0 Å². The Balaban J connectivity index is 2.03. The van der Waals surface area contributed by atoms with Crippen molar-refractivity contribution in [3.8, 4) is 12.3 Å². The van der Waals surface area contributed by atoms with E-state index in [4.69, 9.17) is 12.2 Å². The van der Waals surface area contributed by atoms with Crippen LogP contribution in [0.25, 0.3) is 0 Å². The van der Waals surface area contributed by atoms with Gasteiger partial charge in [0.25, 0.3) is 5.91 Å². The molecule has 1 aliphatic rings. The maximum atomic E-state index is 12.3. The number of carbonyl (C=O) groups excluding carboxylic acids is 1. The van der Waals surface area contributed by atoms with E-state index in [-0.39, 0.29) is 5.91 Å². The number of thiazole rings is 1. The molecule has 1 amide bonds. The second-order valence-corrected chi connectivity index (χ2v) is 5.44. The molecule has 1 aliphatic carbocycles. The number of nitrogens with two attached hydrogens (primary N) is 1. The molecule has 0 aromatic carbocycles. The lowest BCUT2D eigenvalue weighted by atomic mass is 10.3. The molecule has 1 aromatic rings. The predicted octanol–water partition coefficient (Wildman–Crippen LogP) is 1.13. The van der Waals surface area contributed by atoms with E-state index >= 15 is 0 Å². The van der Waals surface area contributed by atoms with Gasteiger partial charge in [0.05, 0.1) is 11.6 Å². The molecule has 0 atom stereocenters. The average molecular weight is 263 g/mol. The summed E-state index contributed by atoms with van der Waals surface area (Å²) < 4.78 is 0. The predicted molar refractivity (Wildman–Crippen MR) is 72.3 cm³/mol. The van der Waals surface area contributed by atoms with E-state index in [0.717, 1.165) is 18.0 Å². The molecule has 0 spiro atoms. The zero-order valence-electron chi connectivity index (χ0n) is 10.3. The van der Waals surface area contributed by atoms with Crippen molar-refractivity contribution in [2.75, 3.05) is 19.6 Å². The van der Waals surface area contributed by atoms with Crippen LogP contribution < -0.4 is 5.73 Å². The quantitative estimate of drug-likeness (QED) is 0.783. The van der Waals surface area contributed by atoms with Crippen LogP contribution >= 0.6 is 11.3 Å². The smallest absolute Gasteiger partial charge is 0.274 e. The van der Waals surface area contributed by atoms with Crippen molar-refractivity contribution in [2.24, 2.45) is 11.7 Å². The maximum Gasteiger partial charge on any atom is 0.274 e. The maximum absolute atomic E-state index is 12.3. The lowest BCUT2D eigenvalue weighted by molar-refractivity contribution is 0.0764. The first-order valence-electron chi connectivity index (χ1n) is 6.11. The molecule has 4 nitrogen and oxygen atoms in total. The first kappa shape index (κ1) is 13.1. The van der Waals surface area contributed by atoms with Gasteiger partial charge in [-0.15, -0.1) is 17.8 Å². The molecule has 1 saturated carbocycles. The largest absolute Gasteiger partial charge is 0.330 e. The second kappa shape index (κ2) is 5.98. The Bertz CT molecular complexity index is 459. The highest BCUT2D eigenvalue weighted by molar-refractivity contribution is 7.09. The molecule has 0 unspecified atom stereocenters. The summed E-state index contributed by atoms with van der Waals surface area (Å²) in [6.07, 6.45) is 8.43. The van der Waals surface area contributed by atoms with Crippen LogP contribution in [0.4, 0.5) is 0 Å². The summed E-state index contributed by atoms with van der Waals surface area (Å²) in [4.78, 5) is 18.3. The number of hydrogen-bond donors (Lipinski definition) is 1. The van der Waals surface area contributed by atoms with Gasteiger partial charge in [-0.3, -0.25) is 4.79 Å². The van der Waals surface area contributed by atoms with E-state index in [9.17, 15) is 4.79 Å². The Hall–Kier alpha value is -1.38. The zero-order chi connectivity index (χ0) is 13.0. The molecule has 5 heteroatoms. The zero-order valence-corrected chi connectivity index (χ0v) is 11.1. The van der Waals surface area contributed by atoms with Gasteiger partial charge in [0.2, 0.25) is 0 Å². The van der Waals surface area contributed by atoms with Crippen LogP contribution in [-0.2, 0) is 6.42 Å². The minimum Gasteiger partial charge on any atom is -0.330 e. The Kier molecular flexibility index (Phi) is 4.34. The first-order valence-corrected chi connectivity index (χ1v) is 6.99. The van der Waals surface area contributed by atoms with Gasteiger partial charge in [0, 0.05) is 18.3 Å². The third-order valence-corrected chi connectivity index (χ3v) is 3.78. The molecule has 1 heterocycles. The van der Waals surface area contributed by atoms with Crippen molar-refractivity contribution < 1.29 is 4.79 Å². The number of amides is 1. The Morgan fingerprint density at radius 3 is 3.06 bits per heavy atom. The monoisotopic (exact) mass is 263 g/mol. The second-order valence-electron chi connectivity index (χ2n) is 4.50. The number of aromatic nitrogens is 1. The summed E-state index contributed by atoms with van der Waals surface area (Å²) in [7, 11) is 0. The van der Waals surface area contributed by atoms with Gasteiger partial charge in [-0.1, -0.05) is 5.92 Å². The fraction of sp³-hybridized carbons (Fsp3) is 0.538. The first-order chi connectivity index (χ1) is 8.74. The third kappa shape index (κ3) is 3.31. The minimum absolute atomic E-state index is 0.0561. The van der Waals surface area contributed by atoms with E-state index < -0.39 is 0 Å². The molecule has 18 heavy (non-hydrogen) atoms. The highest BCUT2D eigenvalue weighted by atomic mass is 32.1. The fourth-order valence-electron chi connectivity index (χ4n) is 1.75. The molecule has 0 aliphatic heterocycles. The summed E-state index contributed by atoms with van der Waals surface area (Å²) in [6, 6.07) is 0. The summed E-state index contributed by atoms with van der Waals surface area (Å²) >= 11 is 1.48. The van der Waals surface area contributed by atoms with E-state index in [1.165, 1.54) is 24.2 Å². The Morgan fingerprint density at radius 1 is 1.67 bits per heavy atom. The fourth-order valence-corrected chi connectivity index (χ4v) is 2.54. The van der Waals surface area contributed by atoms with Gasteiger partial charge < -0.3 is 10.6 Å². The number of carbonyl (C=O) groups is 1. The van der Waals surface area contributed by atoms with E-state index in [1.807, 2.05) is 0 Å². The lowest BCUT2D eigenvalue weighted by Crippen LogP contribution is -2.33. The third-order valence-electron chi connectivity index (χ3n) is 2.87. The molecule has 0 saturated heterocycles. The van der Waals surface area contributed by atoms with Crippen molar-refractivity contribution >= 4 is 17.2 Å². The number of hydrogen-bond acceptors (Lipinski definition) is 4. The van der Waals surface area contributed by atoms with Crippen molar-refractivity contribution in [1.82, 2.24) is 9.88 Å². The van der Waals surface area contributed by atoms with Crippen molar-refractivity contribution in [3.05, 3.63) is 16.1 Å². The van der Waals surface area contributed by atoms with Gasteiger partial charge in [-0.2, -0.15) is 0 Å². The molecule has 0 bridgehead atoms. The van der Waals surface area contributed by atoms with Crippen LogP contribution in [0.3, 0.4) is 0 Å². The van der Waals surface area contributed by atoms with Gasteiger partial charge in [-0.25, -0.2) is 4.98 Å². The summed E-state index contributed by atoms with van der Waals surface area (Å²) in [5.74, 6) is 3.12. The molecule has 2 N–H and O–H groups in total. The highest BCUT2D eigenvalue weighted by Crippen LogP contribution is 2.30. The normalized spacial score (nSPS) is 14.2. The van der Waals surface area contributed by atoms with Gasteiger partial charge in [-0.05, 0) is 25.3 Å². The standard InChI is InChI=1S/C13H17N3OS/c1-2-7-16(8-10-3-4-10)13(17)11-9-18-12(15-11)5-6-14/h1,9-10H,3-8,14H2. The van der Waals surface area contributed by atoms with E-state index in [1.54, 1.807) is 10.3 Å². The molecule has 2 rings (SSSR count). The van der Waals surface area contributed by atoms with Gasteiger partial charge >= 0.3 is 0 Å². The summed E-state index contributed by atoms with van der Waals surface area (Å²) in [5.41, 5.74) is 5.97. The number of terminal acetylenes is 1. The number of nitrogens with zero attached hydrogens (tertiary/aromatic N) is 2. The molecule has 1 aromatic heterocycles. The molecule has 0 radical (unpaired) electrons. The van der Waals surface area contributed by atoms with Gasteiger partial charge in [0.1, 0.15) is 5.69 Å². The van der Waals surface area contributed by atoms with Crippen LogP contribution in [-0.4, -0.2) is 35.4 Å². The average Bonchev–Trinajstić information content (AvgIpc) is 3.05. The van der Waals surface area contributed by atoms with Crippen LogP contribution in [0.1, 0.15) is 28.3 Å². The minimum atomic E-state index is -0.0561. The van der Waals surface area contributed by atoms with Crippen LogP contribution in [0, 0.1) is 18.3 Å². The van der Waals surface area contributed by atoms with E-state index in [2.05, 4.69) is 10.9 Å². The summed E-state index contributed by atoms with van der Waals surface area (Å²) in [5, 5.41) is 2.71. The Labute approximate surface area is 111 Å². The van der Waals surface area contributed by atoms with Crippen LogP contribution in [0.15, 0.2) is 5.38 Å². The lowest BCUT2D eigenvalue weighted by Gasteiger charge is -2.18. The Morgan fingerprint density at radius 2 is 2.44 bits per heavy atom. The molecular formula is C13H17N3OS.